The van der Waals surface area contributed by atoms with Crippen LogP contribution in [0.4, 0.5) is 0 Å². The molecule has 2 aromatic rings. The molecule has 0 aliphatic carbocycles. The Balaban J connectivity index is 2.14. The molecular weight excluding hydrogens is 196 g/mol. The van der Waals surface area contributed by atoms with Crippen LogP contribution in [0.3, 0.4) is 0 Å². The van der Waals surface area contributed by atoms with Gasteiger partial charge in [0.25, 0.3) is 0 Å². The fourth-order valence-electron chi connectivity index (χ4n) is 1.65. The van der Waals surface area contributed by atoms with Crippen molar-refractivity contribution in [3.8, 4) is 5.75 Å². The number of aryl methyl sites for hydroxylation is 1. The molecule has 1 nitrogen and oxygen atoms in total. The van der Waals surface area contributed by atoms with Crippen LogP contribution in [-0.4, -0.2) is 7.11 Å². The Morgan fingerprint density at radius 2 is 1.69 bits per heavy atom. The molecule has 0 heterocycles. The van der Waals surface area contributed by atoms with Gasteiger partial charge in [-0.25, -0.2) is 0 Å². The van der Waals surface area contributed by atoms with Crippen molar-refractivity contribution < 1.29 is 4.74 Å². The van der Waals surface area contributed by atoms with E-state index >= 15 is 0 Å². The van der Waals surface area contributed by atoms with Crippen LogP contribution in [0.2, 0.25) is 0 Å². The minimum atomic E-state index is 0.890. The molecule has 0 saturated carbocycles. The molecule has 0 N–H and O–H groups in total. The van der Waals surface area contributed by atoms with E-state index in [0.29, 0.717) is 0 Å². The lowest BCUT2D eigenvalue weighted by atomic mass is 10.0. The van der Waals surface area contributed by atoms with Gasteiger partial charge in [-0.05, 0) is 30.2 Å². The van der Waals surface area contributed by atoms with Crippen molar-refractivity contribution in [2.45, 2.75) is 6.92 Å². The van der Waals surface area contributed by atoms with E-state index in [9.17, 15) is 0 Å². The third kappa shape index (κ3) is 2.63. The third-order valence-corrected chi connectivity index (χ3v) is 2.49. The maximum Gasteiger partial charge on any atom is 0.118 e. The molecule has 1 heteroatoms. The van der Waals surface area contributed by atoms with Crippen LogP contribution < -0.4 is 4.74 Å². The fourth-order valence-corrected chi connectivity index (χ4v) is 1.65. The minimum Gasteiger partial charge on any atom is -0.497 e. The van der Waals surface area contributed by atoms with Crippen LogP contribution in [0.1, 0.15) is 16.7 Å². The summed E-state index contributed by atoms with van der Waals surface area (Å²) < 4.78 is 5.12. The van der Waals surface area contributed by atoms with Gasteiger partial charge in [-0.1, -0.05) is 42.0 Å². The highest BCUT2D eigenvalue weighted by Crippen LogP contribution is 2.16. The lowest BCUT2D eigenvalue weighted by Gasteiger charge is -2.04. The molecule has 1 radical (unpaired) electrons. The summed E-state index contributed by atoms with van der Waals surface area (Å²) >= 11 is 0. The standard InChI is InChI=1S/C15H15O/c1-12-4-3-5-14(10-12)11-13-6-8-15(16-2)9-7-13/h3-11H,1-2H3. The van der Waals surface area contributed by atoms with Crippen LogP contribution in [0.5, 0.6) is 5.75 Å². The minimum absolute atomic E-state index is 0.890. The van der Waals surface area contributed by atoms with E-state index in [0.717, 1.165) is 5.75 Å². The van der Waals surface area contributed by atoms with E-state index in [2.05, 4.69) is 49.7 Å². The van der Waals surface area contributed by atoms with Crippen molar-refractivity contribution in [3.05, 3.63) is 71.6 Å². The van der Waals surface area contributed by atoms with Gasteiger partial charge in [-0.3, -0.25) is 0 Å². The van der Waals surface area contributed by atoms with Crippen molar-refractivity contribution in [1.82, 2.24) is 0 Å². The van der Waals surface area contributed by atoms with Gasteiger partial charge < -0.3 is 4.74 Å². The van der Waals surface area contributed by atoms with Gasteiger partial charge in [0.15, 0.2) is 0 Å². The van der Waals surface area contributed by atoms with Gasteiger partial charge in [-0.15, -0.1) is 0 Å². The summed E-state index contributed by atoms with van der Waals surface area (Å²) in [4.78, 5) is 0. The lowest BCUT2D eigenvalue weighted by Crippen LogP contribution is -1.87. The average Bonchev–Trinajstić information content (AvgIpc) is 2.30. The normalized spacial score (nSPS) is 10.1. The molecule has 0 aliphatic heterocycles. The molecule has 0 aliphatic rings. The van der Waals surface area contributed by atoms with Crippen molar-refractivity contribution in [2.24, 2.45) is 0 Å². The molecule has 0 unspecified atom stereocenters. The topological polar surface area (TPSA) is 9.23 Å². The van der Waals surface area contributed by atoms with Crippen LogP contribution in [0.15, 0.2) is 48.5 Å². The highest BCUT2D eigenvalue weighted by atomic mass is 16.5. The van der Waals surface area contributed by atoms with E-state index in [1.807, 2.05) is 12.1 Å². The van der Waals surface area contributed by atoms with Crippen molar-refractivity contribution in [2.75, 3.05) is 7.11 Å². The fraction of sp³-hybridized carbons (Fsp3) is 0.133. The highest BCUT2D eigenvalue weighted by molar-refractivity contribution is 5.40. The predicted octanol–water partition coefficient (Wildman–Crippen LogP) is 3.60. The first kappa shape index (κ1) is 10.7. The smallest absolute Gasteiger partial charge is 0.118 e. The Bertz CT molecular complexity index is 457. The molecule has 0 atom stereocenters. The Kier molecular flexibility index (Phi) is 3.25. The Morgan fingerprint density at radius 1 is 0.938 bits per heavy atom. The Labute approximate surface area is 96.7 Å². The van der Waals surface area contributed by atoms with E-state index < -0.39 is 0 Å². The van der Waals surface area contributed by atoms with Crippen LogP contribution in [0.25, 0.3) is 0 Å². The second-order valence-electron chi connectivity index (χ2n) is 3.83. The zero-order valence-electron chi connectivity index (χ0n) is 9.60. The van der Waals surface area contributed by atoms with Crippen molar-refractivity contribution in [3.63, 3.8) is 0 Å². The average molecular weight is 211 g/mol. The summed E-state index contributed by atoms with van der Waals surface area (Å²) in [6.45, 7) is 2.10. The highest BCUT2D eigenvalue weighted by Gasteiger charge is 1.97. The lowest BCUT2D eigenvalue weighted by molar-refractivity contribution is 0.414. The number of ether oxygens (including phenoxy) is 1. The molecule has 16 heavy (non-hydrogen) atoms. The molecule has 0 amide bonds. The maximum atomic E-state index is 5.12. The van der Waals surface area contributed by atoms with Gasteiger partial charge in [0, 0.05) is 6.42 Å². The SMILES string of the molecule is COc1ccc([CH]c2cccc(C)c2)cc1. The van der Waals surface area contributed by atoms with Crippen molar-refractivity contribution in [1.29, 1.82) is 0 Å². The zero-order chi connectivity index (χ0) is 11.4. The second kappa shape index (κ2) is 4.84. The van der Waals surface area contributed by atoms with Gasteiger partial charge in [0.05, 0.1) is 7.11 Å². The maximum absolute atomic E-state index is 5.12. The summed E-state index contributed by atoms with van der Waals surface area (Å²) in [5.41, 5.74) is 3.69. The van der Waals surface area contributed by atoms with Gasteiger partial charge in [-0.2, -0.15) is 0 Å². The monoisotopic (exact) mass is 211 g/mol. The first-order chi connectivity index (χ1) is 7.78. The summed E-state index contributed by atoms with van der Waals surface area (Å²) in [5, 5.41) is 0. The van der Waals surface area contributed by atoms with Gasteiger partial charge in [0.1, 0.15) is 5.75 Å². The third-order valence-electron chi connectivity index (χ3n) is 2.49. The number of hydrogen-bond acceptors (Lipinski definition) is 1. The summed E-state index contributed by atoms with van der Waals surface area (Å²) in [7, 11) is 1.68. The zero-order valence-corrected chi connectivity index (χ0v) is 9.60. The number of hydrogen-bond donors (Lipinski definition) is 0. The first-order valence-electron chi connectivity index (χ1n) is 5.33. The molecule has 0 spiro atoms. The molecule has 2 rings (SSSR count). The summed E-state index contributed by atoms with van der Waals surface area (Å²) in [6.07, 6.45) is 2.16. The van der Waals surface area contributed by atoms with Crippen molar-refractivity contribution >= 4 is 0 Å². The molecule has 2 aromatic carbocycles. The van der Waals surface area contributed by atoms with E-state index in [-0.39, 0.29) is 0 Å². The van der Waals surface area contributed by atoms with E-state index in [4.69, 9.17) is 4.74 Å². The second-order valence-corrected chi connectivity index (χ2v) is 3.83. The number of benzene rings is 2. The molecule has 0 fully saturated rings. The summed E-state index contributed by atoms with van der Waals surface area (Å²) in [6, 6.07) is 16.5. The molecule has 0 saturated heterocycles. The van der Waals surface area contributed by atoms with Gasteiger partial charge in [0.2, 0.25) is 0 Å². The largest absolute Gasteiger partial charge is 0.497 e. The quantitative estimate of drug-likeness (QED) is 0.753. The molecule has 81 valence electrons. The predicted molar refractivity (Wildman–Crippen MR) is 66.7 cm³/mol. The number of methoxy groups -OCH3 is 1. The Hall–Kier alpha value is -1.76. The van der Waals surface area contributed by atoms with Crippen LogP contribution in [0, 0.1) is 13.3 Å². The van der Waals surface area contributed by atoms with E-state index in [1.165, 1.54) is 16.7 Å². The van der Waals surface area contributed by atoms with Gasteiger partial charge >= 0.3 is 0 Å². The van der Waals surface area contributed by atoms with Crippen LogP contribution >= 0.6 is 0 Å². The number of rotatable bonds is 3. The first-order valence-corrected chi connectivity index (χ1v) is 5.33. The molecule has 0 aromatic heterocycles. The molecule has 0 bridgehead atoms. The van der Waals surface area contributed by atoms with Crippen LogP contribution in [-0.2, 0) is 0 Å². The summed E-state index contributed by atoms with van der Waals surface area (Å²) in [5.74, 6) is 0.890. The molecular formula is C15H15O. The Morgan fingerprint density at radius 3 is 2.31 bits per heavy atom. The van der Waals surface area contributed by atoms with E-state index in [1.54, 1.807) is 7.11 Å².